The Balaban J connectivity index is 2.42. The fourth-order valence-electron chi connectivity index (χ4n) is 1.41. The van der Waals surface area contributed by atoms with Crippen molar-refractivity contribution in [2.45, 2.75) is 32.5 Å². The highest BCUT2D eigenvalue weighted by Gasteiger charge is 2.14. The molecule has 1 amide bonds. The van der Waals surface area contributed by atoms with Crippen LogP contribution in [-0.2, 0) is 4.79 Å². The summed E-state index contributed by atoms with van der Waals surface area (Å²) < 4.78 is 5.45. The van der Waals surface area contributed by atoms with Crippen LogP contribution in [0, 0.1) is 11.3 Å². The third kappa shape index (κ3) is 5.40. The van der Waals surface area contributed by atoms with E-state index in [4.69, 9.17) is 15.1 Å². The SMILES string of the molecule is CC(O)CCNC(=O)C(C)Oc1ccc(C#N)cc1. The monoisotopic (exact) mass is 262 g/mol. The summed E-state index contributed by atoms with van der Waals surface area (Å²) in [4.78, 5) is 11.7. The molecule has 2 unspecified atom stereocenters. The number of carbonyl (C=O) groups excluding carboxylic acids is 1. The number of aliphatic hydroxyl groups excluding tert-OH is 1. The molecule has 1 aromatic carbocycles. The average molecular weight is 262 g/mol. The lowest BCUT2D eigenvalue weighted by Gasteiger charge is -2.15. The summed E-state index contributed by atoms with van der Waals surface area (Å²) >= 11 is 0. The Bertz CT molecular complexity index is 449. The molecule has 1 rings (SSSR count). The molecule has 1 aromatic rings. The van der Waals surface area contributed by atoms with Crippen LogP contribution in [0.15, 0.2) is 24.3 Å². The lowest BCUT2D eigenvalue weighted by atomic mass is 10.2. The third-order valence-electron chi connectivity index (χ3n) is 2.53. The summed E-state index contributed by atoms with van der Waals surface area (Å²) in [6.07, 6.45) is -0.549. The van der Waals surface area contributed by atoms with Crippen molar-refractivity contribution >= 4 is 5.91 Å². The zero-order valence-electron chi connectivity index (χ0n) is 11.1. The molecule has 0 fully saturated rings. The van der Waals surface area contributed by atoms with Gasteiger partial charge in [-0.3, -0.25) is 4.79 Å². The van der Waals surface area contributed by atoms with Gasteiger partial charge in [-0.2, -0.15) is 5.26 Å². The van der Waals surface area contributed by atoms with Gasteiger partial charge in [-0.1, -0.05) is 0 Å². The van der Waals surface area contributed by atoms with E-state index in [1.807, 2.05) is 6.07 Å². The maximum Gasteiger partial charge on any atom is 0.260 e. The number of aliphatic hydroxyl groups is 1. The highest BCUT2D eigenvalue weighted by molar-refractivity contribution is 5.80. The second-order valence-corrected chi connectivity index (χ2v) is 4.32. The minimum Gasteiger partial charge on any atom is -0.481 e. The Morgan fingerprint density at radius 2 is 2.05 bits per heavy atom. The molecular formula is C14H18N2O3. The standard InChI is InChI=1S/C14H18N2O3/c1-10(17)7-8-16-14(18)11(2)19-13-5-3-12(9-15)4-6-13/h3-6,10-11,17H,7-8H2,1-2H3,(H,16,18). The predicted molar refractivity (Wildman–Crippen MR) is 70.6 cm³/mol. The molecule has 0 aliphatic carbocycles. The van der Waals surface area contributed by atoms with Crippen LogP contribution in [0.1, 0.15) is 25.8 Å². The summed E-state index contributed by atoms with van der Waals surface area (Å²) in [6, 6.07) is 8.58. The van der Waals surface area contributed by atoms with Crippen molar-refractivity contribution in [2.75, 3.05) is 6.54 Å². The molecule has 0 spiro atoms. The largest absolute Gasteiger partial charge is 0.481 e. The summed E-state index contributed by atoms with van der Waals surface area (Å²) in [7, 11) is 0. The number of nitrogens with zero attached hydrogens (tertiary/aromatic N) is 1. The molecule has 5 nitrogen and oxygen atoms in total. The first-order valence-electron chi connectivity index (χ1n) is 6.15. The van der Waals surface area contributed by atoms with Crippen LogP contribution >= 0.6 is 0 Å². The van der Waals surface area contributed by atoms with E-state index in [9.17, 15) is 4.79 Å². The Labute approximate surface area is 112 Å². The van der Waals surface area contributed by atoms with Gasteiger partial charge in [0, 0.05) is 6.54 Å². The van der Waals surface area contributed by atoms with Crippen molar-refractivity contribution in [3.05, 3.63) is 29.8 Å². The number of nitrogens with one attached hydrogen (secondary N) is 1. The van der Waals surface area contributed by atoms with Gasteiger partial charge in [0.2, 0.25) is 0 Å². The molecular weight excluding hydrogens is 244 g/mol. The predicted octanol–water partition coefficient (Wildman–Crippen LogP) is 1.21. The van der Waals surface area contributed by atoms with Crippen molar-refractivity contribution in [1.29, 1.82) is 5.26 Å². The van der Waals surface area contributed by atoms with Gasteiger partial charge < -0.3 is 15.2 Å². The van der Waals surface area contributed by atoms with E-state index >= 15 is 0 Å². The van der Waals surface area contributed by atoms with Crippen LogP contribution in [-0.4, -0.2) is 29.8 Å². The first-order chi connectivity index (χ1) is 9.02. The molecule has 0 aromatic heterocycles. The third-order valence-corrected chi connectivity index (χ3v) is 2.53. The van der Waals surface area contributed by atoms with Gasteiger partial charge in [-0.15, -0.1) is 0 Å². The molecule has 102 valence electrons. The van der Waals surface area contributed by atoms with Gasteiger partial charge in [-0.05, 0) is 44.5 Å². The lowest BCUT2D eigenvalue weighted by Crippen LogP contribution is -2.37. The van der Waals surface area contributed by atoms with E-state index in [1.165, 1.54) is 0 Å². The van der Waals surface area contributed by atoms with Gasteiger partial charge in [-0.25, -0.2) is 0 Å². The maximum atomic E-state index is 11.7. The topological polar surface area (TPSA) is 82.3 Å². The molecule has 0 saturated heterocycles. The van der Waals surface area contributed by atoms with Gasteiger partial charge in [0.05, 0.1) is 17.7 Å². The lowest BCUT2D eigenvalue weighted by molar-refractivity contribution is -0.127. The van der Waals surface area contributed by atoms with E-state index in [1.54, 1.807) is 38.1 Å². The van der Waals surface area contributed by atoms with Crippen LogP contribution in [0.25, 0.3) is 0 Å². The van der Waals surface area contributed by atoms with Crippen molar-refractivity contribution < 1.29 is 14.6 Å². The van der Waals surface area contributed by atoms with E-state index in [-0.39, 0.29) is 5.91 Å². The number of hydrogen-bond donors (Lipinski definition) is 2. The molecule has 2 N–H and O–H groups in total. The summed E-state index contributed by atoms with van der Waals surface area (Å²) in [5.41, 5.74) is 0.543. The van der Waals surface area contributed by atoms with Crippen LogP contribution in [0.4, 0.5) is 0 Å². The molecule has 0 aliphatic rings. The van der Waals surface area contributed by atoms with Gasteiger partial charge in [0.1, 0.15) is 5.75 Å². The minimum atomic E-state index is -0.623. The summed E-state index contributed by atoms with van der Waals surface area (Å²) in [6.45, 7) is 3.73. The summed E-state index contributed by atoms with van der Waals surface area (Å²) in [5, 5.41) is 20.4. The molecule has 0 radical (unpaired) electrons. The zero-order chi connectivity index (χ0) is 14.3. The van der Waals surface area contributed by atoms with Crippen molar-refractivity contribution in [3.8, 4) is 11.8 Å². The highest BCUT2D eigenvalue weighted by atomic mass is 16.5. The number of nitriles is 1. The number of benzene rings is 1. The zero-order valence-corrected chi connectivity index (χ0v) is 11.1. The minimum absolute atomic E-state index is 0.231. The van der Waals surface area contributed by atoms with E-state index in [0.717, 1.165) is 0 Å². The fourth-order valence-corrected chi connectivity index (χ4v) is 1.41. The molecule has 0 saturated carbocycles. The van der Waals surface area contributed by atoms with Crippen molar-refractivity contribution in [3.63, 3.8) is 0 Å². The second kappa shape index (κ2) is 7.39. The molecule has 0 heterocycles. The molecule has 19 heavy (non-hydrogen) atoms. The van der Waals surface area contributed by atoms with Crippen LogP contribution in [0.2, 0.25) is 0 Å². The van der Waals surface area contributed by atoms with Gasteiger partial charge in [0.25, 0.3) is 5.91 Å². The Morgan fingerprint density at radius 1 is 1.42 bits per heavy atom. The first-order valence-corrected chi connectivity index (χ1v) is 6.15. The number of ether oxygens (including phenoxy) is 1. The summed E-state index contributed by atoms with van der Waals surface area (Å²) in [5.74, 6) is 0.308. The average Bonchev–Trinajstić information content (AvgIpc) is 2.39. The van der Waals surface area contributed by atoms with E-state index < -0.39 is 12.2 Å². The molecule has 0 bridgehead atoms. The van der Waals surface area contributed by atoms with Crippen LogP contribution < -0.4 is 10.1 Å². The second-order valence-electron chi connectivity index (χ2n) is 4.32. The van der Waals surface area contributed by atoms with Crippen molar-refractivity contribution in [2.24, 2.45) is 0 Å². The molecule has 5 heteroatoms. The van der Waals surface area contributed by atoms with Gasteiger partial charge >= 0.3 is 0 Å². The number of hydrogen-bond acceptors (Lipinski definition) is 4. The van der Waals surface area contributed by atoms with E-state index in [2.05, 4.69) is 5.32 Å². The normalized spacial score (nSPS) is 13.2. The van der Waals surface area contributed by atoms with E-state index in [0.29, 0.717) is 24.3 Å². The van der Waals surface area contributed by atoms with Gasteiger partial charge in [0.15, 0.2) is 6.10 Å². The number of rotatable bonds is 6. The number of amides is 1. The smallest absolute Gasteiger partial charge is 0.260 e. The van der Waals surface area contributed by atoms with Crippen LogP contribution in [0.3, 0.4) is 0 Å². The Hall–Kier alpha value is -2.06. The number of carbonyl (C=O) groups is 1. The maximum absolute atomic E-state index is 11.7. The fraction of sp³-hybridized carbons (Fsp3) is 0.429. The molecule has 2 atom stereocenters. The van der Waals surface area contributed by atoms with Crippen molar-refractivity contribution in [1.82, 2.24) is 5.32 Å². The van der Waals surface area contributed by atoms with Crippen LogP contribution in [0.5, 0.6) is 5.75 Å². The first kappa shape index (κ1) is 15.0. The Kier molecular flexibility index (Phi) is 5.83. The Morgan fingerprint density at radius 3 is 2.58 bits per heavy atom. The highest BCUT2D eigenvalue weighted by Crippen LogP contribution is 2.13. The molecule has 0 aliphatic heterocycles. The quantitative estimate of drug-likeness (QED) is 0.807.